The molecule has 0 radical (unpaired) electrons. The van der Waals surface area contributed by atoms with E-state index in [1.165, 1.54) is 3.97 Å². The first-order valence-electron chi connectivity index (χ1n) is 8.52. The molecule has 144 valence electrons. The predicted molar refractivity (Wildman–Crippen MR) is 111 cm³/mol. The van der Waals surface area contributed by atoms with Crippen molar-refractivity contribution in [3.05, 3.63) is 58.7 Å². The molecule has 27 heavy (non-hydrogen) atoms. The van der Waals surface area contributed by atoms with E-state index in [9.17, 15) is 8.42 Å². The highest BCUT2D eigenvalue weighted by atomic mass is 79.9. The fourth-order valence-electron chi connectivity index (χ4n) is 2.91. The topological polar surface area (TPSA) is 72.4 Å². The third-order valence-electron chi connectivity index (χ3n) is 4.30. The molecule has 2 aromatic carbocycles. The minimum Gasteiger partial charge on any atom is -0.497 e. The van der Waals surface area contributed by atoms with Crippen molar-refractivity contribution in [1.82, 2.24) is 14.6 Å². The molecule has 0 fully saturated rings. The third-order valence-corrected chi connectivity index (χ3v) is 6.99. The van der Waals surface area contributed by atoms with Crippen molar-refractivity contribution in [2.45, 2.75) is 11.4 Å². The largest absolute Gasteiger partial charge is 0.497 e. The van der Waals surface area contributed by atoms with Crippen LogP contribution in [0.1, 0.15) is 5.56 Å². The Kier molecular flexibility index (Phi) is 6.21. The highest BCUT2D eigenvalue weighted by Gasteiger charge is 2.23. The van der Waals surface area contributed by atoms with E-state index in [-0.39, 0.29) is 4.90 Å². The molecular weight excluding hydrogens is 430 g/mol. The van der Waals surface area contributed by atoms with Crippen molar-refractivity contribution in [3.63, 3.8) is 0 Å². The number of hydrogen-bond acceptors (Lipinski definition) is 5. The Hall–Kier alpha value is -1.87. The van der Waals surface area contributed by atoms with E-state index in [1.807, 2.05) is 13.1 Å². The maximum atomic E-state index is 13.3. The van der Waals surface area contributed by atoms with Gasteiger partial charge in [-0.05, 0) is 58.9 Å². The number of benzene rings is 2. The number of aromatic nitrogens is 1. The second-order valence-corrected chi connectivity index (χ2v) is 8.69. The van der Waals surface area contributed by atoms with Crippen LogP contribution in [0.2, 0.25) is 0 Å². The quantitative estimate of drug-likeness (QED) is 0.515. The lowest BCUT2D eigenvalue weighted by Crippen LogP contribution is -2.24. The highest BCUT2D eigenvalue weighted by Crippen LogP contribution is 2.31. The molecule has 8 heteroatoms. The van der Waals surface area contributed by atoms with Gasteiger partial charge in [0.05, 0.1) is 12.6 Å². The van der Waals surface area contributed by atoms with Crippen LogP contribution in [0.4, 0.5) is 0 Å². The molecule has 0 unspecified atom stereocenters. The average molecular weight is 452 g/mol. The summed E-state index contributed by atoms with van der Waals surface area (Å²) in [6.07, 6.45) is 1.69. The molecule has 6 nitrogen and oxygen atoms in total. The maximum Gasteiger partial charge on any atom is 0.269 e. The third kappa shape index (κ3) is 4.03. The van der Waals surface area contributed by atoms with Crippen LogP contribution in [-0.4, -0.2) is 39.6 Å². The fraction of sp³-hybridized carbons (Fsp3) is 0.263. The zero-order chi connectivity index (χ0) is 19.4. The second kappa shape index (κ2) is 8.43. The monoisotopic (exact) mass is 451 g/mol. The van der Waals surface area contributed by atoms with Crippen molar-refractivity contribution >= 4 is 36.9 Å². The Morgan fingerprint density at radius 2 is 1.93 bits per heavy atom. The first kappa shape index (κ1) is 19.9. The van der Waals surface area contributed by atoms with Crippen molar-refractivity contribution < 1.29 is 13.2 Å². The van der Waals surface area contributed by atoms with Gasteiger partial charge in [0.25, 0.3) is 10.0 Å². The molecule has 3 aromatic rings. The summed E-state index contributed by atoms with van der Waals surface area (Å²) in [5.41, 5.74) is 1.52. The van der Waals surface area contributed by atoms with Gasteiger partial charge in [0.15, 0.2) is 0 Å². The van der Waals surface area contributed by atoms with Gasteiger partial charge in [0, 0.05) is 35.7 Å². The van der Waals surface area contributed by atoms with E-state index in [1.54, 1.807) is 49.7 Å². The average Bonchev–Trinajstić information content (AvgIpc) is 3.04. The smallest absolute Gasteiger partial charge is 0.269 e. The van der Waals surface area contributed by atoms with Gasteiger partial charge >= 0.3 is 0 Å². The van der Waals surface area contributed by atoms with Gasteiger partial charge in [0.1, 0.15) is 10.6 Å². The first-order valence-corrected chi connectivity index (χ1v) is 10.8. The van der Waals surface area contributed by atoms with Gasteiger partial charge in [-0.15, -0.1) is 0 Å². The van der Waals surface area contributed by atoms with E-state index >= 15 is 0 Å². The Bertz CT molecular complexity index is 1050. The summed E-state index contributed by atoms with van der Waals surface area (Å²) in [6.45, 7) is 2.17. The van der Waals surface area contributed by atoms with E-state index in [0.29, 0.717) is 22.3 Å². The number of halogens is 1. The Balaban J connectivity index is 2.11. The molecule has 0 spiro atoms. The Morgan fingerprint density at radius 3 is 2.63 bits per heavy atom. The zero-order valence-corrected chi connectivity index (χ0v) is 17.6. The first-order chi connectivity index (χ1) is 13.0. The molecule has 1 aromatic heterocycles. The molecule has 3 rings (SSSR count). The second-order valence-electron chi connectivity index (χ2n) is 6.05. The fourth-order valence-corrected chi connectivity index (χ4v) is 5.27. The zero-order valence-electron chi connectivity index (χ0n) is 15.2. The van der Waals surface area contributed by atoms with Crippen molar-refractivity contribution in [2.24, 2.45) is 0 Å². The van der Waals surface area contributed by atoms with Crippen LogP contribution in [0.15, 0.2) is 58.0 Å². The molecule has 0 atom stereocenters. The molecule has 2 N–H and O–H groups in total. The summed E-state index contributed by atoms with van der Waals surface area (Å²) in [5, 5.41) is 7.25. The Labute approximate surface area is 167 Å². The molecule has 0 aliphatic carbocycles. The van der Waals surface area contributed by atoms with Crippen LogP contribution >= 0.6 is 15.9 Å². The number of fused-ring (bicyclic) bond motifs is 1. The van der Waals surface area contributed by atoms with Crippen molar-refractivity contribution in [1.29, 1.82) is 0 Å². The SMILES string of the molecule is CNCCNCc1cn(S(=O)(=O)c2ccccc2Br)c2ccc(OC)cc12. The van der Waals surface area contributed by atoms with E-state index in [2.05, 4.69) is 26.6 Å². The van der Waals surface area contributed by atoms with E-state index in [0.717, 1.165) is 24.0 Å². The number of hydrogen-bond donors (Lipinski definition) is 2. The van der Waals surface area contributed by atoms with Gasteiger partial charge in [-0.2, -0.15) is 0 Å². The summed E-state index contributed by atoms with van der Waals surface area (Å²) in [6, 6.07) is 12.2. The molecule has 0 bridgehead atoms. The van der Waals surface area contributed by atoms with Gasteiger partial charge in [-0.25, -0.2) is 12.4 Å². The highest BCUT2D eigenvalue weighted by molar-refractivity contribution is 9.10. The number of nitrogens with one attached hydrogen (secondary N) is 2. The van der Waals surface area contributed by atoms with Gasteiger partial charge < -0.3 is 15.4 Å². The lowest BCUT2D eigenvalue weighted by molar-refractivity contribution is 0.415. The minimum atomic E-state index is -3.74. The van der Waals surface area contributed by atoms with Gasteiger partial charge in [0.2, 0.25) is 0 Å². The van der Waals surface area contributed by atoms with Crippen LogP contribution in [0, 0.1) is 0 Å². The number of rotatable bonds is 8. The molecule has 0 aliphatic rings. The van der Waals surface area contributed by atoms with Gasteiger partial charge in [-0.3, -0.25) is 0 Å². The maximum absolute atomic E-state index is 13.3. The summed E-state index contributed by atoms with van der Waals surface area (Å²) in [4.78, 5) is 0.229. The summed E-state index contributed by atoms with van der Waals surface area (Å²) in [7, 11) is -0.252. The molecule has 0 aliphatic heterocycles. The van der Waals surface area contributed by atoms with Crippen molar-refractivity contribution in [2.75, 3.05) is 27.2 Å². The van der Waals surface area contributed by atoms with Crippen LogP contribution < -0.4 is 15.4 Å². The number of likely N-dealkylation sites (N-methyl/N-ethyl adjacent to an activating group) is 1. The lowest BCUT2D eigenvalue weighted by atomic mass is 10.1. The number of methoxy groups -OCH3 is 1. The normalized spacial score (nSPS) is 11.8. The molecule has 0 saturated carbocycles. The summed E-state index contributed by atoms with van der Waals surface area (Å²) < 4.78 is 33.8. The standard InChI is InChI=1S/C19H22BrN3O3S/c1-21-9-10-22-12-14-13-23(18-8-7-15(26-2)11-16(14)18)27(24,25)19-6-4-3-5-17(19)20/h3-8,11,13,21-22H,9-10,12H2,1-2H3. The summed E-state index contributed by atoms with van der Waals surface area (Å²) in [5.74, 6) is 0.690. The van der Waals surface area contributed by atoms with Crippen LogP contribution in [0.3, 0.4) is 0 Å². The van der Waals surface area contributed by atoms with E-state index in [4.69, 9.17) is 4.74 Å². The van der Waals surface area contributed by atoms with Crippen LogP contribution in [0.5, 0.6) is 5.75 Å². The minimum absolute atomic E-state index is 0.229. The summed E-state index contributed by atoms with van der Waals surface area (Å²) >= 11 is 3.35. The predicted octanol–water partition coefficient (Wildman–Crippen LogP) is 2.96. The van der Waals surface area contributed by atoms with Gasteiger partial charge in [-0.1, -0.05) is 12.1 Å². The molecule has 0 amide bonds. The molecular formula is C19H22BrN3O3S. The number of ether oxygens (including phenoxy) is 1. The Morgan fingerprint density at radius 1 is 1.15 bits per heavy atom. The molecule has 0 saturated heterocycles. The molecule has 1 heterocycles. The number of nitrogens with zero attached hydrogens (tertiary/aromatic N) is 1. The van der Waals surface area contributed by atoms with Crippen LogP contribution in [-0.2, 0) is 16.6 Å². The van der Waals surface area contributed by atoms with E-state index < -0.39 is 10.0 Å². The lowest BCUT2D eigenvalue weighted by Gasteiger charge is -2.09. The van der Waals surface area contributed by atoms with Crippen molar-refractivity contribution in [3.8, 4) is 5.75 Å². The van der Waals surface area contributed by atoms with Crippen LogP contribution in [0.25, 0.3) is 10.9 Å².